The van der Waals surface area contributed by atoms with Gasteiger partial charge in [0.25, 0.3) is 5.24 Å². The van der Waals surface area contributed by atoms with Crippen molar-refractivity contribution in [2.45, 2.75) is 51.6 Å². The largest absolute Gasteiger partial charge is 0.459 e. The van der Waals surface area contributed by atoms with Crippen molar-refractivity contribution in [2.24, 2.45) is 0 Å². The summed E-state index contributed by atoms with van der Waals surface area (Å²) >= 11 is 5.89. The third-order valence-corrected chi connectivity index (χ3v) is 8.07. The lowest BCUT2D eigenvalue weighted by molar-refractivity contribution is -0.0897. The summed E-state index contributed by atoms with van der Waals surface area (Å²) in [5, 5.41) is 15.1. The maximum Gasteiger partial charge on any atom is 0.338 e. The summed E-state index contributed by atoms with van der Waals surface area (Å²) in [4.78, 5) is 52.7. The second-order valence-corrected chi connectivity index (χ2v) is 11.7. The van der Waals surface area contributed by atoms with Gasteiger partial charge in [0.15, 0.2) is 17.4 Å². The molecule has 0 aliphatic carbocycles. The van der Waals surface area contributed by atoms with E-state index in [4.69, 9.17) is 30.5 Å². The number of benzene rings is 3. The third kappa shape index (κ3) is 6.94. The predicted octanol–water partition coefficient (Wildman–Crippen LogP) is 5.72. The Morgan fingerprint density at radius 1 is 0.851 bits per heavy atom. The highest BCUT2D eigenvalue weighted by Gasteiger charge is 2.61. The molecule has 0 amide bonds. The summed E-state index contributed by atoms with van der Waals surface area (Å²) in [5.41, 5.74) is 0.810. The minimum absolute atomic E-state index is 0.0931. The highest BCUT2D eigenvalue weighted by atomic mass is 35.5. The SMILES string of the molecule is Cc1ccc(C(=O)OC[C@H]2O[C@@H](c3[nH]nc(C#N)c3C(=O)Cl)[C@](C)(OC(=O)c3ccc(C)cc3)[C@@H]2OC(=O)c2ccc(C)cc2)cc1. The van der Waals surface area contributed by atoms with Gasteiger partial charge in [-0.15, -0.1) is 0 Å². The molecule has 4 atom stereocenters. The van der Waals surface area contributed by atoms with Crippen molar-refractivity contribution in [1.29, 1.82) is 5.26 Å². The fourth-order valence-electron chi connectivity index (χ4n) is 5.26. The highest BCUT2D eigenvalue weighted by molar-refractivity contribution is 6.68. The number of esters is 3. The average molecular weight is 656 g/mol. The summed E-state index contributed by atoms with van der Waals surface area (Å²) in [6.07, 6.45) is -4.04. The summed E-state index contributed by atoms with van der Waals surface area (Å²) in [6, 6.07) is 21.7. The molecule has 1 N–H and O–H groups in total. The van der Waals surface area contributed by atoms with E-state index in [1.807, 2.05) is 20.8 Å². The van der Waals surface area contributed by atoms with Crippen molar-refractivity contribution in [2.75, 3.05) is 6.61 Å². The molecule has 1 fully saturated rings. The van der Waals surface area contributed by atoms with E-state index in [0.717, 1.165) is 16.7 Å². The molecule has 1 aliphatic heterocycles. The summed E-state index contributed by atoms with van der Waals surface area (Å²) in [5.74, 6) is -2.25. The zero-order valence-corrected chi connectivity index (χ0v) is 26.7. The molecule has 1 aromatic heterocycles. The lowest BCUT2D eigenvalue weighted by Crippen LogP contribution is -2.50. The minimum atomic E-state index is -1.89. The number of hydrogen-bond donors (Lipinski definition) is 1. The summed E-state index contributed by atoms with van der Waals surface area (Å²) in [6.45, 7) is 6.60. The van der Waals surface area contributed by atoms with Crippen LogP contribution in [0.1, 0.15) is 82.5 Å². The Labute approximate surface area is 275 Å². The molecule has 1 aliphatic rings. The van der Waals surface area contributed by atoms with E-state index in [2.05, 4.69) is 10.2 Å². The van der Waals surface area contributed by atoms with Crippen molar-refractivity contribution < 1.29 is 38.1 Å². The van der Waals surface area contributed by atoms with E-state index in [9.17, 15) is 24.4 Å². The van der Waals surface area contributed by atoms with Crippen molar-refractivity contribution in [3.05, 3.63) is 123 Å². The van der Waals surface area contributed by atoms with Crippen LogP contribution in [-0.4, -0.2) is 57.8 Å². The van der Waals surface area contributed by atoms with E-state index in [1.54, 1.807) is 78.9 Å². The first-order valence-electron chi connectivity index (χ1n) is 14.6. The predicted molar refractivity (Wildman–Crippen MR) is 168 cm³/mol. The van der Waals surface area contributed by atoms with Crippen LogP contribution in [0.25, 0.3) is 0 Å². The van der Waals surface area contributed by atoms with Gasteiger partial charge in [0.05, 0.1) is 27.9 Å². The van der Waals surface area contributed by atoms with Crippen molar-refractivity contribution in [3.63, 3.8) is 0 Å². The number of halogens is 1. The van der Waals surface area contributed by atoms with Crippen LogP contribution in [0.2, 0.25) is 0 Å². The molecule has 240 valence electrons. The highest BCUT2D eigenvalue weighted by Crippen LogP contribution is 2.47. The first-order chi connectivity index (χ1) is 22.4. The van der Waals surface area contributed by atoms with Crippen LogP contribution in [0.15, 0.2) is 72.8 Å². The van der Waals surface area contributed by atoms with Gasteiger partial charge in [-0.05, 0) is 75.7 Å². The first kappa shape index (κ1) is 33.1. The number of nitrogens with one attached hydrogen (secondary N) is 1. The van der Waals surface area contributed by atoms with Crippen molar-refractivity contribution in [1.82, 2.24) is 10.2 Å². The van der Waals surface area contributed by atoms with Crippen LogP contribution in [0.3, 0.4) is 0 Å². The third-order valence-electron chi connectivity index (χ3n) is 7.88. The van der Waals surface area contributed by atoms with E-state index >= 15 is 0 Å². The number of aromatic amines is 1. The molecule has 1 saturated heterocycles. The van der Waals surface area contributed by atoms with Crippen molar-refractivity contribution in [3.8, 4) is 6.07 Å². The number of hydrogen-bond acceptors (Lipinski definition) is 10. The van der Waals surface area contributed by atoms with Gasteiger partial charge in [-0.2, -0.15) is 10.4 Å². The molecular formula is C35H30ClN3O8. The Morgan fingerprint density at radius 3 is 1.83 bits per heavy atom. The van der Waals surface area contributed by atoms with E-state index in [-0.39, 0.29) is 33.6 Å². The molecule has 0 radical (unpaired) electrons. The second kappa shape index (κ2) is 13.6. The number of H-pyrrole nitrogens is 1. The second-order valence-electron chi connectivity index (χ2n) is 11.4. The molecule has 0 bridgehead atoms. The molecule has 4 aromatic rings. The molecule has 11 nitrogen and oxygen atoms in total. The summed E-state index contributed by atoms with van der Waals surface area (Å²) < 4.78 is 24.0. The fourth-order valence-corrected chi connectivity index (χ4v) is 5.45. The molecule has 3 aromatic carbocycles. The van der Waals surface area contributed by atoms with Crippen LogP contribution in [0, 0.1) is 32.1 Å². The average Bonchev–Trinajstić information content (AvgIpc) is 3.59. The Hall–Kier alpha value is -5.31. The van der Waals surface area contributed by atoms with Crippen LogP contribution >= 0.6 is 11.6 Å². The number of carbonyl (C=O) groups is 4. The van der Waals surface area contributed by atoms with Gasteiger partial charge in [0.1, 0.15) is 24.9 Å². The topological polar surface area (TPSA) is 158 Å². The monoisotopic (exact) mass is 655 g/mol. The van der Waals surface area contributed by atoms with Gasteiger partial charge >= 0.3 is 17.9 Å². The van der Waals surface area contributed by atoms with Gasteiger partial charge in [-0.25, -0.2) is 14.4 Å². The zero-order valence-electron chi connectivity index (χ0n) is 25.9. The van der Waals surface area contributed by atoms with Gasteiger partial charge in [0, 0.05) is 0 Å². The van der Waals surface area contributed by atoms with Gasteiger partial charge < -0.3 is 18.9 Å². The van der Waals surface area contributed by atoms with Gasteiger partial charge in [-0.1, -0.05) is 53.1 Å². The normalized spacial score (nSPS) is 20.2. The molecular weight excluding hydrogens is 626 g/mol. The van der Waals surface area contributed by atoms with E-state index < -0.39 is 53.7 Å². The molecule has 5 rings (SSSR count). The Bertz CT molecular complexity index is 1860. The molecule has 47 heavy (non-hydrogen) atoms. The number of carbonyl (C=O) groups excluding carboxylic acids is 4. The Kier molecular flexibility index (Phi) is 9.56. The van der Waals surface area contributed by atoms with Crippen molar-refractivity contribution >= 4 is 34.8 Å². The van der Waals surface area contributed by atoms with Crippen LogP contribution in [0.5, 0.6) is 0 Å². The number of rotatable bonds is 9. The van der Waals surface area contributed by atoms with E-state index in [0.29, 0.717) is 0 Å². The quantitative estimate of drug-likeness (QED) is 0.134. The number of nitriles is 1. The maximum absolute atomic E-state index is 13.6. The number of aromatic nitrogens is 2. The number of nitrogens with zero attached hydrogens (tertiary/aromatic N) is 2. The van der Waals surface area contributed by atoms with Crippen LogP contribution in [0.4, 0.5) is 0 Å². The van der Waals surface area contributed by atoms with Crippen LogP contribution in [-0.2, 0) is 18.9 Å². The van der Waals surface area contributed by atoms with Crippen LogP contribution < -0.4 is 0 Å². The number of aryl methyl sites for hydroxylation is 3. The van der Waals surface area contributed by atoms with Gasteiger partial charge in [0.2, 0.25) is 0 Å². The molecule has 0 saturated carbocycles. The molecule has 12 heteroatoms. The minimum Gasteiger partial charge on any atom is -0.459 e. The van der Waals surface area contributed by atoms with Gasteiger partial charge in [-0.3, -0.25) is 9.89 Å². The molecule has 0 spiro atoms. The molecule has 0 unspecified atom stereocenters. The maximum atomic E-state index is 13.6. The fraction of sp³-hybridized carbons (Fsp3) is 0.257. The standard InChI is InChI=1S/C35H30ClN3O8/c1-19-5-11-22(12-6-19)32(41)44-18-26-29(46-33(42)23-13-7-20(2)8-14-23)35(4,47-34(43)24-15-9-21(3)10-16-24)30(45-26)28-27(31(36)40)25(17-37)38-39-28/h5-16,26,29-30H,18H2,1-4H3,(H,38,39)/t26-,29-,30+,35-/m1/s1. The lowest BCUT2D eigenvalue weighted by Gasteiger charge is -2.34. The Balaban J connectivity index is 1.58. The summed E-state index contributed by atoms with van der Waals surface area (Å²) in [7, 11) is 0. The Morgan fingerprint density at radius 2 is 1.34 bits per heavy atom. The number of ether oxygens (including phenoxy) is 4. The first-order valence-corrected chi connectivity index (χ1v) is 14.9. The lowest BCUT2D eigenvalue weighted by atomic mass is 9.88. The zero-order chi connectivity index (χ0) is 33.9. The smallest absolute Gasteiger partial charge is 0.338 e. The van der Waals surface area contributed by atoms with E-state index in [1.165, 1.54) is 6.92 Å². The molecule has 2 heterocycles.